The Hall–Kier alpha value is -2.09. The lowest BCUT2D eigenvalue weighted by Crippen LogP contribution is -2.13. The molecule has 13 nitrogen and oxygen atoms in total. The summed E-state index contributed by atoms with van der Waals surface area (Å²) in [7, 11) is 0. The molecule has 0 aliphatic heterocycles. The molecule has 13 N–H and O–H groups in total. The van der Waals surface area contributed by atoms with Gasteiger partial charge >= 0.3 is 5.97 Å². The third-order valence-electron chi connectivity index (χ3n) is 0.357. The second-order valence-electron chi connectivity index (χ2n) is 1.33. The van der Waals surface area contributed by atoms with Crippen molar-refractivity contribution < 1.29 is 30.5 Å². The molecule has 0 radical (unpaired) electrons. The van der Waals surface area contributed by atoms with E-state index in [1.807, 2.05) is 0 Å². The minimum Gasteiger partial charge on any atom is -0.479 e. The van der Waals surface area contributed by atoms with Crippen LogP contribution in [0, 0.1) is 15.0 Å². The Morgan fingerprint density at radius 1 is 1.38 bits per heavy atom. The van der Waals surface area contributed by atoms with Crippen molar-refractivity contribution >= 4 is 5.97 Å². The molecular formula is C3H17N5O8. The van der Waals surface area contributed by atoms with E-state index in [4.69, 9.17) is 35.6 Å². The van der Waals surface area contributed by atoms with Crippen molar-refractivity contribution in [1.82, 2.24) is 18.5 Å². The molecule has 0 saturated carbocycles. The van der Waals surface area contributed by atoms with Crippen LogP contribution < -0.4 is 18.5 Å². The average Bonchev–Trinajstić information content (AvgIpc) is 1.87. The number of rotatable bonds is 1. The maximum absolute atomic E-state index is 9.45. The number of hydrogen-bond donors (Lipinski definition) is 7. The maximum Gasteiger partial charge on any atom is 0.332 e. The van der Waals surface area contributed by atoms with Gasteiger partial charge in [0.25, 0.3) is 5.09 Å². The Morgan fingerprint density at radius 2 is 1.44 bits per heavy atom. The van der Waals surface area contributed by atoms with E-state index in [1.165, 1.54) is 12.3 Å². The minimum atomic E-state index is -1.50. The Labute approximate surface area is 89.5 Å². The van der Waals surface area contributed by atoms with Crippen LogP contribution in [0.25, 0.3) is 0 Å². The van der Waals surface area contributed by atoms with Crippen LogP contribution in [-0.4, -0.2) is 37.8 Å². The Balaban J connectivity index is -0.0000000226. The fraction of sp³-hybridized carbons (Fsp3) is 0.667. The summed E-state index contributed by atoms with van der Waals surface area (Å²) in [6.07, 6.45) is -1.23. The van der Waals surface area contributed by atoms with Gasteiger partial charge in [-0.3, -0.25) is 0 Å². The Bertz CT molecular complexity index is 158. The molecule has 0 fully saturated rings. The molecule has 102 valence electrons. The van der Waals surface area contributed by atoms with Crippen molar-refractivity contribution in [1.29, 1.82) is 0 Å². The first-order valence-electron chi connectivity index (χ1n) is 2.50. The van der Waals surface area contributed by atoms with E-state index in [9.17, 15) is 4.79 Å². The first-order chi connectivity index (χ1) is 5.79. The maximum atomic E-state index is 9.45. The summed E-state index contributed by atoms with van der Waals surface area (Å²) in [4.78, 5) is 25.9. The van der Waals surface area contributed by atoms with Crippen LogP contribution in [0.2, 0.25) is 0 Å². The van der Waals surface area contributed by atoms with E-state index in [1.54, 1.807) is 0 Å². The lowest BCUT2D eigenvalue weighted by Gasteiger charge is -1.89. The molecular weight excluding hydrogens is 234 g/mol. The van der Waals surface area contributed by atoms with E-state index in [0.29, 0.717) is 0 Å². The van der Waals surface area contributed by atoms with Gasteiger partial charge in [0.15, 0.2) is 5.34 Å². The van der Waals surface area contributed by atoms with Crippen molar-refractivity contribution in [3.05, 3.63) is 15.0 Å². The molecule has 16 heavy (non-hydrogen) atoms. The average molecular weight is 251 g/mol. The van der Waals surface area contributed by atoms with Crippen molar-refractivity contribution in [2.24, 2.45) is 5.34 Å². The van der Waals surface area contributed by atoms with Gasteiger partial charge in [0.1, 0.15) is 6.10 Å². The van der Waals surface area contributed by atoms with E-state index in [-0.39, 0.29) is 18.5 Å². The molecule has 0 aliphatic rings. The molecule has 13 heteroatoms. The second kappa shape index (κ2) is 29.3. The number of aliphatic hydroxyl groups excluding tert-OH is 1. The summed E-state index contributed by atoms with van der Waals surface area (Å²) >= 11 is 0. The summed E-state index contributed by atoms with van der Waals surface area (Å²) in [6, 6.07) is 0. The molecule has 0 aromatic carbocycles. The van der Waals surface area contributed by atoms with E-state index in [2.05, 4.69) is 0 Å². The number of carboxylic acid groups (broad SMARTS) is 1. The molecule has 0 heterocycles. The number of carboxylic acids is 1. The van der Waals surface area contributed by atoms with Crippen molar-refractivity contribution in [2.75, 3.05) is 0 Å². The summed E-state index contributed by atoms with van der Waals surface area (Å²) in [5.41, 5.74) is 0. The van der Waals surface area contributed by atoms with Crippen molar-refractivity contribution in [3.8, 4) is 0 Å². The van der Waals surface area contributed by atoms with Gasteiger partial charge in [0.05, 0.1) is 0 Å². The van der Waals surface area contributed by atoms with E-state index >= 15 is 0 Å². The van der Waals surface area contributed by atoms with Gasteiger partial charge in [0, 0.05) is 0 Å². The van der Waals surface area contributed by atoms with E-state index in [0.717, 1.165) is 0 Å². The molecule has 0 spiro atoms. The van der Waals surface area contributed by atoms with Crippen LogP contribution >= 0.6 is 0 Å². The molecule has 0 saturated heterocycles. The summed E-state index contributed by atoms with van der Waals surface area (Å²) in [6.45, 7) is 1.20. The lowest BCUT2D eigenvalue weighted by molar-refractivity contribution is -0.742. The van der Waals surface area contributed by atoms with Crippen LogP contribution in [0.15, 0.2) is 5.34 Å². The number of hydrogen-bond acceptors (Lipinski definition) is 9. The molecule has 0 amide bonds. The standard InChI is InChI=1S/C3H6O3.HNO3.HNO2.3H3N/c1-2(4)3(5)6;2-1(3)4;2-1-3;;;/h2,4H,1H3,(H,5,6);(H,2,3,4);(H,2,3);3*1H3. The Morgan fingerprint density at radius 3 is 1.44 bits per heavy atom. The first-order valence-corrected chi connectivity index (χ1v) is 2.50. The van der Waals surface area contributed by atoms with Gasteiger partial charge in [-0.2, -0.15) is 0 Å². The highest BCUT2D eigenvalue weighted by atomic mass is 16.9. The smallest absolute Gasteiger partial charge is 0.332 e. The third kappa shape index (κ3) is 389. The number of aliphatic hydroxyl groups is 1. The quantitative estimate of drug-likeness (QED) is 0.181. The zero-order chi connectivity index (χ0) is 11.4. The van der Waals surface area contributed by atoms with Crippen LogP contribution in [0.4, 0.5) is 0 Å². The van der Waals surface area contributed by atoms with Gasteiger partial charge in [-0.05, 0) is 6.92 Å². The monoisotopic (exact) mass is 251 g/mol. The Kier molecular flexibility index (Phi) is 67.8. The highest BCUT2D eigenvalue weighted by Gasteiger charge is 2.01. The zero-order valence-electron chi connectivity index (χ0n) is 8.51. The van der Waals surface area contributed by atoms with Gasteiger partial charge in [0.2, 0.25) is 0 Å². The summed E-state index contributed by atoms with van der Waals surface area (Å²) < 4.78 is 0. The molecule has 0 bridgehead atoms. The predicted molar refractivity (Wildman–Crippen MR) is 50.7 cm³/mol. The topological polar surface area (TPSA) is 276 Å². The van der Waals surface area contributed by atoms with Crippen LogP contribution in [0.3, 0.4) is 0 Å². The van der Waals surface area contributed by atoms with Crippen molar-refractivity contribution in [2.45, 2.75) is 13.0 Å². The van der Waals surface area contributed by atoms with Gasteiger partial charge in [-0.1, -0.05) is 0 Å². The van der Waals surface area contributed by atoms with E-state index < -0.39 is 17.2 Å². The third-order valence-corrected chi connectivity index (χ3v) is 0.357. The van der Waals surface area contributed by atoms with Crippen LogP contribution in [-0.2, 0) is 4.79 Å². The molecule has 0 aromatic heterocycles. The molecule has 0 aliphatic carbocycles. The van der Waals surface area contributed by atoms with Gasteiger partial charge in [-0.15, -0.1) is 15.0 Å². The summed E-state index contributed by atoms with van der Waals surface area (Å²) in [5, 5.41) is 37.3. The highest BCUT2D eigenvalue weighted by Crippen LogP contribution is 1.73. The van der Waals surface area contributed by atoms with Crippen LogP contribution in [0.1, 0.15) is 6.92 Å². The fourth-order valence-corrected chi connectivity index (χ4v) is 0. The zero-order valence-corrected chi connectivity index (χ0v) is 8.51. The first kappa shape index (κ1) is 37.1. The molecule has 1 unspecified atom stereocenters. The highest BCUT2D eigenvalue weighted by molar-refractivity contribution is 5.71. The second-order valence-corrected chi connectivity index (χ2v) is 1.33. The molecule has 0 aromatic rings. The number of nitrogens with zero attached hydrogens (tertiary/aromatic N) is 2. The van der Waals surface area contributed by atoms with Gasteiger partial charge in [-0.25, -0.2) is 4.79 Å². The summed E-state index contributed by atoms with van der Waals surface area (Å²) in [5.74, 6) is -1.19. The number of aliphatic carboxylic acids is 1. The predicted octanol–water partition coefficient (Wildman–Crippen LogP) is -0.268. The van der Waals surface area contributed by atoms with Crippen LogP contribution in [0.5, 0.6) is 0 Å². The SMILES string of the molecule is CC(O)C(=O)O.N.N.N.O=NO.O=[N+]([O-])O. The molecule has 0 rings (SSSR count). The fourth-order valence-electron chi connectivity index (χ4n) is 0. The normalized spacial score (nSPS) is 7.38. The largest absolute Gasteiger partial charge is 0.479 e. The van der Waals surface area contributed by atoms with Gasteiger partial charge < -0.3 is 39.1 Å². The lowest BCUT2D eigenvalue weighted by atomic mass is 10.4. The molecule has 1 atom stereocenters. The van der Waals surface area contributed by atoms with Crippen molar-refractivity contribution in [3.63, 3.8) is 0 Å². The number of carbonyl (C=O) groups is 1. The minimum absolute atomic E-state index is 0.